The maximum absolute atomic E-state index is 13.4. The van der Waals surface area contributed by atoms with Crippen molar-refractivity contribution in [3.05, 3.63) is 70.0 Å². The zero-order chi connectivity index (χ0) is 49.0. The lowest BCUT2D eigenvalue weighted by atomic mass is 9.75. The summed E-state index contributed by atoms with van der Waals surface area (Å²) < 4.78 is 20.8. The number of carbonyl (C=O) groups is 5. The lowest BCUT2D eigenvalue weighted by Crippen LogP contribution is -2.40. The molecule has 4 heterocycles. The number of hydrogen-bond acceptors (Lipinski definition) is 9. The van der Waals surface area contributed by atoms with Gasteiger partial charge in [-0.2, -0.15) is 0 Å². The average molecular weight is 953 g/mol. The second-order valence-corrected chi connectivity index (χ2v) is 19.0. The first-order valence-electron chi connectivity index (χ1n) is 25.8. The van der Waals surface area contributed by atoms with Crippen LogP contribution in [-0.2, 0) is 67.4 Å². The van der Waals surface area contributed by atoms with Crippen LogP contribution in [0.4, 0.5) is 0 Å². The van der Waals surface area contributed by atoms with Crippen LogP contribution in [0, 0.1) is 23.7 Å². The highest BCUT2D eigenvalue weighted by Crippen LogP contribution is 2.41. The number of nitrogens with zero attached hydrogens (tertiary/aromatic N) is 4. The van der Waals surface area contributed by atoms with E-state index in [9.17, 15) is 29.1 Å². The molecule has 4 aromatic rings. The standard InChI is InChI=1S/C28H39N3O5.C26H37N3O4/c1-4-29-26(32)17-30(5-2)28(34)21-8-10-25-23(16-21)22-15-20(19-11-13-35-14-12-19)7-9-24(22)31(25)18-27(33)36-6-3;1-3-27-25(31)17-28(4-2)26(32)20-6-8-24-22(16-20)21-15-19(18-9-13-33-14-10-18)5-7-23(21)29(24)11-12-30/h8,10,16,19-20H,4-7,9,11-15,17-18H2,1-3H3,(H,29,32);6,8,16,18-19,30H,3-5,7,9-15,17H2,1-2H3,(H,27,31). The number of nitrogens with one attached hydrogen (secondary N) is 2. The van der Waals surface area contributed by atoms with Gasteiger partial charge in [-0.25, -0.2) is 0 Å². The number of ether oxygens (including phenoxy) is 3. The molecule has 4 aliphatic rings. The van der Waals surface area contributed by atoms with Crippen LogP contribution in [0.2, 0.25) is 0 Å². The molecule has 3 N–H and O–H groups in total. The van der Waals surface area contributed by atoms with Crippen molar-refractivity contribution in [2.45, 2.75) is 112 Å². The molecular weight excluding hydrogens is 877 g/mol. The summed E-state index contributed by atoms with van der Waals surface area (Å²) in [5, 5.41) is 17.4. The predicted octanol–water partition coefficient (Wildman–Crippen LogP) is 6.10. The molecule has 69 heavy (non-hydrogen) atoms. The SMILES string of the molecule is CCNC(=O)CN(CC)C(=O)c1ccc2c(c1)c1c(n2CC(=O)OCC)CCC(C2CCOCC2)C1.CCNC(=O)CN(CC)C(=O)c1ccc2c(c1)c1c(n2CCO)CCC(C2CCOCC2)C1. The number of rotatable bonds is 17. The fourth-order valence-corrected chi connectivity index (χ4v) is 11.5. The van der Waals surface area contributed by atoms with Crippen molar-refractivity contribution in [1.82, 2.24) is 29.6 Å². The van der Waals surface area contributed by atoms with E-state index in [1.54, 1.807) is 9.80 Å². The molecule has 15 nitrogen and oxygen atoms in total. The van der Waals surface area contributed by atoms with E-state index < -0.39 is 0 Å². The number of amides is 4. The molecule has 376 valence electrons. The Labute approximate surface area is 407 Å². The summed E-state index contributed by atoms with van der Waals surface area (Å²) in [6.07, 6.45) is 10.6. The van der Waals surface area contributed by atoms with Crippen molar-refractivity contribution in [2.24, 2.45) is 23.7 Å². The van der Waals surface area contributed by atoms with E-state index in [4.69, 9.17) is 14.2 Å². The maximum atomic E-state index is 13.4. The van der Waals surface area contributed by atoms with E-state index >= 15 is 0 Å². The van der Waals surface area contributed by atoms with Gasteiger partial charge in [0.25, 0.3) is 11.8 Å². The summed E-state index contributed by atoms with van der Waals surface area (Å²) in [5.74, 6) is 1.73. The highest BCUT2D eigenvalue weighted by atomic mass is 16.5. The first-order chi connectivity index (χ1) is 33.5. The van der Waals surface area contributed by atoms with Crippen molar-refractivity contribution in [2.75, 3.05) is 78.9 Å². The van der Waals surface area contributed by atoms with E-state index in [0.29, 0.717) is 74.1 Å². The number of hydrogen-bond donors (Lipinski definition) is 3. The first-order valence-corrected chi connectivity index (χ1v) is 25.8. The molecule has 2 unspecified atom stereocenters. The Morgan fingerprint density at radius 1 is 0.638 bits per heavy atom. The Kier molecular flexibility index (Phi) is 18.3. The zero-order valence-electron chi connectivity index (χ0n) is 41.7. The third-order valence-electron chi connectivity index (χ3n) is 15.0. The van der Waals surface area contributed by atoms with Gasteiger partial charge in [0.1, 0.15) is 6.54 Å². The number of aromatic nitrogens is 2. The molecule has 0 bridgehead atoms. The fraction of sp³-hybridized carbons (Fsp3) is 0.611. The number of aliphatic hydroxyl groups is 1. The second-order valence-electron chi connectivity index (χ2n) is 19.0. The summed E-state index contributed by atoms with van der Waals surface area (Å²) in [4.78, 5) is 66.4. The zero-order valence-corrected chi connectivity index (χ0v) is 41.7. The lowest BCUT2D eigenvalue weighted by molar-refractivity contribution is -0.143. The summed E-state index contributed by atoms with van der Waals surface area (Å²) in [7, 11) is 0. The quantitative estimate of drug-likeness (QED) is 0.106. The molecule has 2 atom stereocenters. The van der Waals surface area contributed by atoms with Crippen molar-refractivity contribution in [1.29, 1.82) is 0 Å². The normalized spacial score (nSPS) is 18.4. The molecule has 8 rings (SSSR count). The molecule has 0 spiro atoms. The van der Waals surface area contributed by atoms with Gasteiger partial charge in [-0.1, -0.05) is 0 Å². The van der Waals surface area contributed by atoms with Gasteiger partial charge in [-0.05, 0) is 170 Å². The average Bonchev–Trinajstić information content (AvgIpc) is 3.85. The van der Waals surface area contributed by atoms with Crippen LogP contribution in [-0.4, -0.2) is 133 Å². The van der Waals surface area contributed by atoms with Crippen LogP contribution >= 0.6 is 0 Å². The third-order valence-corrected chi connectivity index (χ3v) is 15.0. The molecule has 0 radical (unpaired) electrons. The van der Waals surface area contributed by atoms with Crippen LogP contribution in [0.1, 0.15) is 116 Å². The second kappa shape index (κ2) is 24.5. The Morgan fingerprint density at radius 3 is 1.51 bits per heavy atom. The predicted molar refractivity (Wildman–Crippen MR) is 266 cm³/mol. The van der Waals surface area contributed by atoms with Crippen molar-refractivity contribution >= 4 is 51.4 Å². The van der Waals surface area contributed by atoms with Gasteiger partial charge in [-0.3, -0.25) is 24.0 Å². The van der Waals surface area contributed by atoms with E-state index in [-0.39, 0.29) is 55.8 Å². The minimum Gasteiger partial charge on any atom is -0.465 e. The summed E-state index contributed by atoms with van der Waals surface area (Å²) in [6, 6.07) is 11.6. The van der Waals surface area contributed by atoms with Gasteiger partial charge >= 0.3 is 5.97 Å². The molecule has 0 saturated carbocycles. The van der Waals surface area contributed by atoms with E-state index in [2.05, 4.69) is 19.8 Å². The van der Waals surface area contributed by atoms with Crippen LogP contribution in [0.5, 0.6) is 0 Å². The molecule has 2 saturated heterocycles. The van der Waals surface area contributed by atoms with Crippen LogP contribution < -0.4 is 10.6 Å². The Morgan fingerprint density at radius 2 is 1.09 bits per heavy atom. The molecule has 4 amide bonds. The van der Waals surface area contributed by atoms with Crippen molar-refractivity contribution in [3.63, 3.8) is 0 Å². The van der Waals surface area contributed by atoms with Crippen LogP contribution in [0.3, 0.4) is 0 Å². The smallest absolute Gasteiger partial charge is 0.325 e. The van der Waals surface area contributed by atoms with E-state index in [1.807, 2.05) is 71.0 Å². The summed E-state index contributed by atoms with van der Waals surface area (Å²) in [5.41, 5.74) is 8.31. The fourth-order valence-electron chi connectivity index (χ4n) is 11.5. The van der Waals surface area contributed by atoms with E-state index in [1.165, 1.54) is 28.9 Å². The van der Waals surface area contributed by atoms with Gasteiger partial charge in [0.05, 0.1) is 26.3 Å². The monoisotopic (exact) mass is 953 g/mol. The lowest BCUT2D eigenvalue weighted by Gasteiger charge is -2.33. The largest absolute Gasteiger partial charge is 0.465 e. The number of benzene rings is 2. The Bertz CT molecular complexity index is 2430. The van der Waals surface area contributed by atoms with Crippen molar-refractivity contribution < 1.29 is 43.3 Å². The summed E-state index contributed by atoms with van der Waals surface area (Å²) >= 11 is 0. The maximum Gasteiger partial charge on any atom is 0.325 e. The Hall–Kier alpha value is -5.25. The molecule has 2 aromatic carbocycles. The summed E-state index contributed by atoms with van der Waals surface area (Å²) in [6.45, 7) is 16.0. The number of fused-ring (bicyclic) bond motifs is 6. The van der Waals surface area contributed by atoms with Crippen molar-refractivity contribution in [3.8, 4) is 0 Å². The molecular formula is C54H76N6O9. The highest BCUT2D eigenvalue weighted by Gasteiger charge is 2.34. The number of likely N-dealkylation sites (N-methyl/N-ethyl adjacent to an activating group) is 4. The Balaban J connectivity index is 0.000000205. The molecule has 2 aliphatic carbocycles. The van der Waals surface area contributed by atoms with Gasteiger partial charge in [0.15, 0.2) is 0 Å². The van der Waals surface area contributed by atoms with Gasteiger partial charge in [0.2, 0.25) is 11.8 Å². The van der Waals surface area contributed by atoms with Crippen LogP contribution in [0.25, 0.3) is 21.8 Å². The number of aliphatic hydroxyl groups excluding tert-OH is 1. The van der Waals surface area contributed by atoms with Crippen LogP contribution in [0.15, 0.2) is 36.4 Å². The minimum absolute atomic E-state index is 0.0367. The molecule has 2 aliphatic heterocycles. The molecule has 2 fully saturated rings. The number of carbonyl (C=O) groups excluding carboxylic acids is 5. The number of esters is 1. The van der Waals surface area contributed by atoms with Gasteiger partial charge in [-0.15, -0.1) is 0 Å². The third kappa shape index (κ3) is 12.0. The van der Waals surface area contributed by atoms with Gasteiger partial charge < -0.3 is 48.9 Å². The first kappa shape index (κ1) is 51.6. The molecule has 15 heteroatoms. The topological polar surface area (TPSA) is 174 Å². The van der Waals surface area contributed by atoms with E-state index in [0.717, 1.165) is 106 Å². The minimum atomic E-state index is -0.247. The molecule has 2 aromatic heterocycles. The highest BCUT2D eigenvalue weighted by molar-refractivity contribution is 6.02. The van der Waals surface area contributed by atoms with Gasteiger partial charge in [0, 0.05) is 103 Å².